The van der Waals surface area contributed by atoms with Crippen LogP contribution in [0, 0.1) is 6.92 Å². The van der Waals surface area contributed by atoms with Crippen LogP contribution < -0.4 is 5.32 Å². The lowest BCUT2D eigenvalue weighted by Gasteiger charge is -2.29. The quantitative estimate of drug-likeness (QED) is 0.938. The fourth-order valence-corrected chi connectivity index (χ4v) is 2.88. The highest BCUT2D eigenvalue weighted by molar-refractivity contribution is 5.54. The summed E-state index contributed by atoms with van der Waals surface area (Å²) in [4.78, 5) is 15.5. The van der Waals surface area contributed by atoms with E-state index < -0.39 is 0 Å². The molecule has 1 fully saturated rings. The van der Waals surface area contributed by atoms with Gasteiger partial charge in [-0.3, -0.25) is 4.98 Å². The summed E-state index contributed by atoms with van der Waals surface area (Å²) in [7, 11) is 2.18. The van der Waals surface area contributed by atoms with E-state index in [-0.39, 0.29) is 0 Å². The lowest BCUT2D eigenvalue weighted by Crippen LogP contribution is -2.31. The van der Waals surface area contributed by atoms with Gasteiger partial charge < -0.3 is 10.2 Å². The average molecular weight is 283 g/mol. The predicted octanol–water partition coefficient (Wildman–Crippen LogP) is 2.73. The van der Waals surface area contributed by atoms with Crippen molar-refractivity contribution in [2.45, 2.75) is 25.7 Å². The van der Waals surface area contributed by atoms with Gasteiger partial charge in [0.1, 0.15) is 0 Å². The minimum Gasteiger partial charge on any atom is -0.324 e. The first-order chi connectivity index (χ1) is 10.2. The number of piperidine rings is 1. The molecule has 0 radical (unpaired) electrons. The molecular weight excluding hydrogens is 262 g/mol. The van der Waals surface area contributed by atoms with Crippen molar-refractivity contribution in [3.05, 3.63) is 42.0 Å². The molecule has 0 aliphatic carbocycles. The second kappa shape index (κ2) is 6.18. The van der Waals surface area contributed by atoms with E-state index in [4.69, 9.17) is 4.98 Å². The first kappa shape index (κ1) is 13.9. The Balaban J connectivity index is 1.82. The molecule has 1 aliphatic rings. The number of anilines is 2. The Morgan fingerprint density at radius 1 is 1.24 bits per heavy atom. The summed E-state index contributed by atoms with van der Waals surface area (Å²) < 4.78 is 0. The molecule has 0 saturated carbocycles. The van der Waals surface area contributed by atoms with E-state index in [0.717, 1.165) is 17.9 Å². The Bertz CT molecular complexity index is 599. The van der Waals surface area contributed by atoms with Crippen LogP contribution in [0.15, 0.2) is 30.6 Å². The highest BCUT2D eigenvalue weighted by Crippen LogP contribution is 2.27. The van der Waals surface area contributed by atoms with Gasteiger partial charge in [0, 0.05) is 41.9 Å². The smallest absolute Gasteiger partial charge is 0.227 e. The maximum absolute atomic E-state index is 4.73. The van der Waals surface area contributed by atoms with E-state index in [1.165, 1.54) is 25.1 Å². The number of pyridine rings is 1. The first-order valence-electron chi connectivity index (χ1n) is 7.42. The third-order valence-electron chi connectivity index (χ3n) is 3.84. The zero-order chi connectivity index (χ0) is 14.7. The topological polar surface area (TPSA) is 53.9 Å². The summed E-state index contributed by atoms with van der Waals surface area (Å²) in [6.45, 7) is 4.30. The first-order valence-corrected chi connectivity index (χ1v) is 7.42. The molecule has 1 atom stereocenters. The zero-order valence-corrected chi connectivity index (χ0v) is 12.6. The van der Waals surface area contributed by atoms with Crippen LogP contribution in [-0.2, 0) is 0 Å². The Hall–Kier alpha value is -2.01. The molecule has 0 bridgehead atoms. The second-order valence-corrected chi connectivity index (χ2v) is 5.72. The minimum absolute atomic E-state index is 0.515. The van der Waals surface area contributed by atoms with Gasteiger partial charge in [-0.25, -0.2) is 9.97 Å². The number of likely N-dealkylation sites (tertiary alicyclic amines) is 1. The molecule has 5 nitrogen and oxygen atoms in total. The highest BCUT2D eigenvalue weighted by Gasteiger charge is 2.20. The molecule has 3 rings (SSSR count). The van der Waals surface area contributed by atoms with Crippen molar-refractivity contribution in [2.24, 2.45) is 0 Å². The minimum atomic E-state index is 0.515. The van der Waals surface area contributed by atoms with Gasteiger partial charge in [0.2, 0.25) is 5.95 Å². The maximum atomic E-state index is 4.73. The van der Waals surface area contributed by atoms with Crippen LogP contribution in [0.2, 0.25) is 0 Å². The van der Waals surface area contributed by atoms with Gasteiger partial charge in [-0.05, 0) is 51.6 Å². The molecule has 0 amide bonds. The fourth-order valence-electron chi connectivity index (χ4n) is 2.88. The number of nitrogens with one attached hydrogen (secondary N) is 1. The average Bonchev–Trinajstić information content (AvgIpc) is 2.48. The Labute approximate surface area is 125 Å². The monoisotopic (exact) mass is 283 g/mol. The van der Waals surface area contributed by atoms with Crippen LogP contribution in [0.25, 0.3) is 0 Å². The normalized spacial score (nSPS) is 19.4. The summed E-state index contributed by atoms with van der Waals surface area (Å²) >= 11 is 0. The fraction of sp³-hybridized carbons (Fsp3) is 0.438. The molecule has 21 heavy (non-hydrogen) atoms. The highest BCUT2D eigenvalue weighted by atomic mass is 15.1. The van der Waals surface area contributed by atoms with Crippen molar-refractivity contribution in [3.8, 4) is 0 Å². The number of hydrogen-bond acceptors (Lipinski definition) is 5. The van der Waals surface area contributed by atoms with E-state index in [0.29, 0.717) is 11.9 Å². The third kappa shape index (κ3) is 3.55. The van der Waals surface area contributed by atoms with Crippen molar-refractivity contribution in [1.82, 2.24) is 19.9 Å². The number of hydrogen-bond donors (Lipinski definition) is 1. The van der Waals surface area contributed by atoms with Gasteiger partial charge in [0.25, 0.3) is 0 Å². The molecule has 3 heterocycles. The third-order valence-corrected chi connectivity index (χ3v) is 3.84. The molecule has 0 aromatic carbocycles. The van der Waals surface area contributed by atoms with E-state index in [1.807, 2.05) is 19.1 Å². The van der Waals surface area contributed by atoms with Gasteiger partial charge >= 0.3 is 0 Å². The molecule has 110 valence electrons. The van der Waals surface area contributed by atoms with Crippen molar-refractivity contribution in [1.29, 1.82) is 0 Å². The summed E-state index contributed by atoms with van der Waals surface area (Å²) in [5.41, 5.74) is 3.20. The van der Waals surface area contributed by atoms with Gasteiger partial charge in [0.15, 0.2) is 0 Å². The molecular formula is C16H21N5. The van der Waals surface area contributed by atoms with Crippen molar-refractivity contribution >= 4 is 11.6 Å². The summed E-state index contributed by atoms with van der Waals surface area (Å²) in [6.07, 6.45) is 5.92. The van der Waals surface area contributed by atoms with E-state index in [9.17, 15) is 0 Å². The lowest BCUT2D eigenvalue weighted by molar-refractivity contribution is 0.248. The van der Waals surface area contributed by atoms with Crippen LogP contribution in [0.4, 0.5) is 11.6 Å². The van der Waals surface area contributed by atoms with E-state index in [1.54, 1.807) is 12.4 Å². The molecule has 0 spiro atoms. The maximum Gasteiger partial charge on any atom is 0.227 e. The number of likely N-dealkylation sites (N-methyl/N-ethyl adjacent to an activating group) is 1. The zero-order valence-electron chi connectivity index (χ0n) is 12.6. The standard InChI is InChI=1S/C16H21N5/c1-12-9-14(20-16-17-6-4-7-18-16)10-15(19-12)13-5-3-8-21(2)11-13/h4,6-7,9-10,13H,3,5,8,11H2,1-2H3,(H,17,18,19,20)/t13-/m0/s1. The van der Waals surface area contributed by atoms with Crippen LogP contribution >= 0.6 is 0 Å². The summed E-state index contributed by atoms with van der Waals surface area (Å²) in [5.74, 6) is 1.13. The Morgan fingerprint density at radius 2 is 2.05 bits per heavy atom. The van der Waals surface area contributed by atoms with Crippen molar-refractivity contribution < 1.29 is 0 Å². The van der Waals surface area contributed by atoms with Crippen molar-refractivity contribution in [3.63, 3.8) is 0 Å². The SMILES string of the molecule is Cc1cc(Nc2ncccn2)cc([C@H]2CCCN(C)C2)n1. The van der Waals surface area contributed by atoms with Gasteiger partial charge in [-0.2, -0.15) is 0 Å². The second-order valence-electron chi connectivity index (χ2n) is 5.72. The van der Waals surface area contributed by atoms with Crippen LogP contribution in [0.3, 0.4) is 0 Å². The molecule has 2 aromatic heterocycles. The van der Waals surface area contributed by atoms with Gasteiger partial charge in [-0.15, -0.1) is 0 Å². The molecule has 5 heteroatoms. The lowest BCUT2D eigenvalue weighted by atomic mass is 9.94. The molecule has 1 N–H and O–H groups in total. The van der Waals surface area contributed by atoms with E-state index in [2.05, 4.69) is 33.3 Å². The molecule has 1 saturated heterocycles. The molecule has 0 unspecified atom stereocenters. The Kier molecular flexibility index (Phi) is 4.10. The van der Waals surface area contributed by atoms with Gasteiger partial charge in [-0.1, -0.05) is 0 Å². The number of aryl methyl sites for hydroxylation is 1. The summed E-state index contributed by atoms with van der Waals surface area (Å²) in [5, 5.41) is 3.26. The van der Waals surface area contributed by atoms with E-state index >= 15 is 0 Å². The number of rotatable bonds is 3. The van der Waals surface area contributed by atoms with Crippen molar-refractivity contribution in [2.75, 3.05) is 25.5 Å². The van der Waals surface area contributed by atoms with Crippen LogP contribution in [0.1, 0.15) is 30.1 Å². The van der Waals surface area contributed by atoms with Gasteiger partial charge in [0.05, 0.1) is 0 Å². The molecule has 2 aromatic rings. The van der Waals surface area contributed by atoms with Crippen LogP contribution in [0.5, 0.6) is 0 Å². The van der Waals surface area contributed by atoms with Crippen LogP contribution in [-0.4, -0.2) is 40.0 Å². The summed E-state index contributed by atoms with van der Waals surface area (Å²) in [6, 6.07) is 5.98. The number of aromatic nitrogens is 3. The Morgan fingerprint density at radius 3 is 2.81 bits per heavy atom. The predicted molar refractivity (Wildman–Crippen MR) is 83.8 cm³/mol. The molecule has 1 aliphatic heterocycles. The number of nitrogens with zero attached hydrogens (tertiary/aromatic N) is 4. The largest absolute Gasteiger partial charge is 0.324 e.